The molecule has 0 radical (unpaired) electrons. The summed E-state index contributed by atoms with van der Waals surface area (Å²) in [5.41, 5.74) is 5.93. The molecule has 0 unspecified atom stereocenters. The van der Waals surface area contributed by atoms with Crippen LogP contribution in [0.4, 0.5) is 5.69 Å². The van der Waals surface area contributed by atoms with Gasteiger partial charge in [0.25, 0.3) is 5.69 Å². The number of carbonyl (C=O) groups excluding carboxylic acids is 1. The van der Waals surface area contributed by atoms with Crippen molar-refractivity contribution in [2.45, 2.75) is 0 Å². The number of nitrogens with two attached hydrogens (primary N) is 1. The fraction of sp³-hybridized carbons (Fsp3) is 0.0625. The molecule has 1 heterocycles. The highest BCUT2D eigenvalue weighted by atomic mass is 16.6. The van der Waals surface area contributed by atoms with E-state index in [9.17, 15) is 14.9 Å². The van der Waals surface area contributed by atoms with Gasteiger partial charge in [0.05, 0.1) is 16.6 Å². The highest BCUT2D eigenvalue weighted by molar-refractivity contribution is 6.03. The van der Waals surface area contributed by atoms with E-state index in [1.807, 2.05) is 30.3 Å². The van der Waals surface area contributed by atoms with E-state index in [0.29, 0.717) is 28.6 Å². The number of fused-ring (bicyclic) bond motifs is 1. The van der Waals surface area contributed by atoms with Gasteiger partial charge in [-0.2, -0.15) is 0 Å². The fourth-order valence-corrected chi connectivity index (χ4v) is 2.14. The molecule has 3 rings (SSSR count). The Morgan fingerprint density at radius 1 is 1.14 bits per heavy atom. The van der Waals surface area contributed by atoms with Gasteiger partial charge in [0.2, 0.25) is 0 Å². The lowest BCUT2D eigenvalue weighted by Gasteiger charge is -1.96. The van der Waals surface area contributed by atoms with Gasteiger partial charge in [-0.25, -0.2) is 0 Å². The fourth-order valence-electron chi connectivity index (χ4n) is 2.14. The van der Waals surface area contributed by atoms with Gasteiger partial charge in [0.15, 0.2) is 6.29 Å². The summed E-state index contributed by atoms with van der Waals surface area (Å²) in [7, 11) is 1.50. The summed E-state index contributed by atoms with van der Waals surface area (Å²) >= 11 is 0. The first-order valence-corrected chi connectivity index (χ1v) is 6.50. The van der Waals surface area contributed by atoms with Gasteiger partial charge in [-0.3, -0.25) is 14.9 Å². The molecule has 0 saturated heterocycles. The quantitative estimate of drug-likeness (QED) is 0.454. The van der Waals surface area contributed by atoms with Gasteiger partial charge < -0.3 is 10.2 Å². The topological polar surface area (TPSA) is 99.4 Å². The Bertz CT molecular complexity index is 810. The van der Waals surface area contributed by atoms with Crippen LogP contribution in [0.3, 0.4) is 0 Å². The summed E-state index contributed by atoms with van der Waals surface area (Å²) in [5.74, 6) is 0.427. The van der Waals surface area contributed by atoms with Crippen molar-refractivity contribution < 1.29 is 14.1 Å². The number of nitrogens with zero attached hydrogens (tertiary/aromatic N) is 1. The molecule has 0 saturated carbocycles. The zero-order chi connectivity index (χ0) is 16.1. The minimum atomic E-state index is -0.495. The monoisotopic (exact) mass is 298 g/mol. The molecule has 1 aromatic heterocycles. The van der Waals surface area contributed by atoms with Crippen molar-refractivity contribution >= 4 is 22.9 Å². The number of hydrogen-bond donors (Lipinski definition) is 1. The van der Waals surface area contributed by atoms with Gasteiger partial charge >= 0.3 is 0 Å². The van der Waals surface area contributed by atoms with E-state index in [2.05, 4.69) is 5.73 Å². The number of non-ortho nitro benzene ring substituents is 1. The molecule has 0 aliphatic heterocycles. The molecule has 6 nitrogen and oxygen atoms in total. The van der Waals surface area contributed by atoms with Crippen LogP contribution in [-0.4, -0.2) is 18.3 Å². The van der Waals surface area contributed by atoms with Crippen molar-refractivity contribution in [2.75, 3.05) is 7.05 Å². The van der Waals surface area contributed by atoms with Crippen LogP contribution in [0.15, 0.2) is 52.9 Å². The maximum Gasteiger partial charge on any atom is 0.273 e. The Morgan fingerprint density at radius 2 is 1.82 bits per heavy atom. The first-order valence-electron chi connectivity index (χ1n) is 6.50. The minimum absolute atomic E-state index is 0.0664. The smallest absolute Gasteiger partial charge is 0.273 e. The van der Waals surface area contributed by atoms with E-state index in [0.717, 1.165) is 5.56 Å². The normalized spacial score (nSPS) is 9.91. The SMILES string of the molecule is CN.O=Cc1c(-c2ccccc2)oc2cc([N+](=O)[O-])ccc12. The van der Waals surface area contributed by atoms with E-state index >= 15 is 0 Å². The van der Waals surface area contributed by atoms with Crippen molar-refractivity contribution in [3.63, 3.8) is 0 Å². The number of nitro groups is 1. The highest BCUT2D eigenvalue weighted by Crippen LogP contribution is 2.34. The molecule has 0 amide bonds. The number of carbonyl (C=O) groups is 1. The highest BCUT2D eigenvalue weighted by Gasteiger charge is 2.17. The number of benzene rings is 2. The Morgan fingerprint density at radius 3 is 2.41 bits per heavy atom. The average Bonchev–Trinajstić information content (AvgIpc) is 2.95. The number of rotatable bonds is 3. The van der Waals surface area contributed by atoms with E-state index in [4.69, 9.17) is 4.42 Å². The van der Waals surface area contributed by atoms with Crippen LogP contribution < -0.4 is 5.73 Å². The molecule has 0 fully saturated rings. The van der Waals surface area contributed by atoms with E-state index in [1.165, 1.54) is 25.2 Å². The predicted molar refractivity (Wildman–Crippen MR) is 83.8 cm³/mol. The third-order valence-corrected chi connectivity index (χ3v) is 3.08. The third-order valence-electron chi connectivity index (χ3n) is 3.08. The number of aldehydes is 1. The molecular formula is C16H14N2O4. The first-order chi connectivity index (χ1) is 10.7. The van der Waals surface area contributed by atoms with E-state index in [-0.39, 0.29) is 5.69 Å². The van der Waals surface area contributed by atoms with Crippen molar-refractivity contribution in [3.05, 3.63) is 64.2 Å². The Labute approximate surface area is 126 Å². The van der Waals surface area contributed by atoms with Crippen molar-refractivity contribution in [1.29, 1.82) is 0 Å². The Kier molecular flexibility index (Phi) is 4.65. The molecular weight excluding hydrogens is 284 g/mol. The second kappa shape index (κ2) is 6.64. The average molecular weight is 298 g/mol. The molecule has 6 heteroatoms. The lowest BCUT2D eigenvalue weighted by molar-refractivity contribution is -0.384. The molecule has 0 bridgehead atoms. The maximum absolute atomic E-state index is 11.3. The lowest BCUT2D eigenvalue weighted by atomic mass is 10.1. The number of furan rings is 1. The maximum atomic E-state index is 11.3. The minimum Gasteiger partial charge on any atom is -0.455 e. The molecule has 0 spiro atoms. The van der Waals surface area contributed by atoms with Gasteiger partial charge in [0.1, 0.15) is 11.3 Å². The summed E-state index contributed by atoms with van der Waals surface area (Å²) in [6.07, 6.45) is 0.708. The van der Waals surface area contributed by atoms with Crippen molar-refractivity contribution in [3.8, 4) is 11.3 Å². The Hall–Kier alpha value is -2.99. The van der Waals surface area contributed by atoms with Crippen molar-refractivity contribution in [1.82, 2.24) is 0 Å². The molecule has 112 valence electrons. The molecule has 0 aliphatic rings. The molecule has 0 aliphatic carbocycles. The largest absolute Gasteiger partial charge is 0.455 e. The zero-order valence-corrected chi connectivity index (χ0v) is 11.9. The standard InChI is InChI=1S/C15H9NO4.CH5N/c17-9-13-12-7-6-11(16(18)19)8-14(12)20-15(13)10-4-2-1-3-5-10;1-2/h1-9H;2H2,1H3. The first kappa shape index (κ1) is 15.4. The van der Waals surface area contributed by atoms with Crippen LogP contribution in [0.5, 0.6) is 0 Å². The van der Waals surface area contributed by atoms with E-state index in [1.54, 1.807) is 0 Å². The second-order valence-corrected chi connectivity index (χ2v) is 4.27. The zero-order valence-electron chi connectivity index (χ0n) is 11.9. The molecule has 0 atom stereocenters. The van der Waals surface area contributed by atoms with E-state index < -0.39 is 4.92 Å². The summed E-state index contributed by atoms with van der Waals surface area (Å²) < 4.78 is 5.63. The molecule has 2 N–H and O–H groups in total. The van der Waals surface area contributed by atoms with Gasteiger partial charge in [0, 0.05) is 17.0 Å². The lowest BCUT2D eigenvalue weighted by Crippen LogP contribution is -1.86. The summed E-state index contributed by atoms with van der Waals surface area (Å²) in [4.78, 5) is 21.6. The predicted octanol–water partition coefficient (Wildman–Crippen LogP) is 3.40. The van der Waals surface area contributed by atoms with Crippen LogP contribution in [0.2, 0.25) is 0 Å². The third kappa shape index (κ3) is 2.72. The van der Waals surface area contributed by atoms with Crippen LogP contribution in [0, 0.1) is 10.1 Å². The number of hydrogen-bond acceptors (Lipinski definition) is 5. The number of nitro benzene ring substituents is 1. The second-order valence-electron chi connectivity index (χ2n) is 4.27. The van der Waals surface area contributed by atoms with Gasteiger partial charge in [-0.1, -0.05) is 30.3 Å². The summed E-state index contributed by atoms with van der Waals surface area (Å²) in [6, 6.07) is 13.4. The van der Waals surface area contributed by atoms with Crippen molar-refractivity contribution in [2.24, 2.45) is 5.73 Å². The van der Waals surface area contributed by atoms with Gasteiger partial charge in [-0.15, -0.1) is 0 Å². The van der Waals surface area contributed by atoms with Crippen LogP contribution in [0.1, 0.15) is 10.4 Å². The molecule has 3 aromatic rings. The molecule has 2 aromatic carbocycles. The van der Waals surface area contributed by atoms with Gasteiger partial charge in [-0.05, 0) is 13.1 Å². The van der Waals surface area contributed by atoms with Crippen LogP contribution in [-0.2, 0) is 0 Å². The Balaban J connectivity index is 0.000000847. The van der Waals surface area contributed by atoms with Crippen LogP contribution in [0.25, 0.3) is 22.3 Å². The summed E-state index contributed by atoms with van der Waals surface area (Å²) in [6.45, 7) is 0. The van der Waals surface area contributed by atoms with Crippen LogP contribution >= 0.6 is 0 Å². The summed E-state index contributed by atoms with van der Waals surface area (Å²) in [5, 5.41) is 11.3. The molecule has 22 heavy (non-hydrogen) atoms.